The quantitative estimate of drug-likeness (QED) is 0.435. The highest BCUT2D eigenvalue weighted by atomic mass is 16.5. The Hall–Kier alpha value is -3.48. The van der Waals surface area contributed by atoms with Gasteiger partial charge in [0.25, 0.3) is 5.91 Å². The maximum atomic E-state index is 13.4. The Morgan fingerprint density at radius 2 is 1.85 bits per heavy atom. The third kappa shape index (κ3) is 4.11. The molecule has 0 radical (unpaired) electrons. The zero-order valence-electron chi connectivity index (χ0n) is 20.6. The smallest absolute Gasteiger partial charge is 0.273 e. The number of benzene rings is 2. The van der Waals surface area contributed by atoms with Crippen molar-refractivity contribution < 1.29 is 19.4 Å². The van der Waals surface area contributed by atoms with Crippen molar-refractivity contribution in [2.24, 2.45) is 0 Å². The molecule has 3 aromatic rings. The zero-order valence-corrected chi connectivity index (χ0v) is 20.6. The van der Waals surface area contributed by atoms with Crippen molar-refractivity contribution in [3.63, 3.8) is 0 Å². The van der Waals surface area contributed by atoms with Gasteiger partial charge in [-0.25, -0.2) is 0 Å². The third-order valence-electron chi connectivity index (χ3n) is 6.07. The van der Waals surface area contributed by atoms with E-state index in [1.54, 1.807) is 6.07 Å². The number of carbonyl (C=O) groups excluding carboxylic acids is 1. The molecule has 1 amide bonds. The normalized spacial score (nSPS) is 15.0. The maximum absolute atomic E-state index is 13.4. The molecule has 2 heterocycles. The number of rotatable bonds is 9. The molecule has 1 aliphatic rings. The summed E-state index contributed by atoms with van der Waals surface area (Å²) >= 11 is 0. The van der Waals surface area contributed by atoms with Crippen LogP contribution in [0.4, 0.5) is 0 Å². The lowest BCUT2D eigenvalue weighted by Gasteiger charge is -2.27. The number of amides is 1. The van der Waals surface area contributed by atoms with E-state index in [1.165, 1.54) is 0 Å². The summed E-state index contributed by atoms with van der Waals surface area (Å²) < 4.78 is 11.8. The van der Waals surface area contributed by atoms with E-state index in [0.29, 0.717) is 48.2 Å². The molecule has 2 aromatic carbocycles. The van der Waals surface area contributed by atoms with Crippen LogP contribution in [0.15, 0.2) is 30.3 Å². The van der Waals surface area contributed by atoms with Gasteiger partial charge in [-0.1, -0.05) is 26.0 Å². The molecule has 0 saturated heterocycles. The van der Waals surface area contributed by atoms with Gasteiger partial charge in [0.1, 0.15) is 17.1 Å². The third-order valence-corrected chi connectivity index (χ3v) is 6.07. The standard InChI is InChI=1S/C27H33N3O4/c1-6-11-30-26(18-9-10-20(34-12-7-2)21(15-18)33-8-3)23-24(28-29-25(23)27(30)32)22-17(5)13-16(4)14-19(22)31/h9-10,13-15,26,31H,6-8,11-12H2,1-5H3,(H,28,29). The molecule has 7 nitrogen and oxygen atoms in total. The fourth-order valence-electron chi connectivity index (χ4n) is 4.75. The average molecular weight is 464 g/mol. The Morgan fingerprint density at radius 3 is 2.53 bits per heavy atom. The first-order valence-electron chi connectivity index (χ1n) is 12.0. The number of fused-ring (bicyclic) bond motifs is 1. The van der Waals surface area contributed by atoms with Crippen LogP contribution in [-0.2, 0) is 0 Å². The summed E-state index contributed by atoms with van der Waals surface area (Å²) in [5, 5.41) is 18.3. The number of nitrogens with zero attached hydrogens (tertiary/aromatic N) is 2. The lowest BCUT2D eigenvalue weighted by molar-refractivity contribution is 0.0743. The van der Waals surface area contributed by atoms with Crippen molar-refractivity contribution in [2.75, 3.05) is 19.8 Å². The summed E-state index contributed by atoms with van der Waals surface area (Å²) in [5.74, 6) is 1.42. The number of H-pyrrole nitrogens is 1. The van der Waals surface area contributed by atoms with E-state index in [9.17, 15) is 9.90 Å². The largest absolute Gasteiger partial charge is 0.507 e. The van der Waals surface area contributed by atoms with Gasteiger partial charge in [0.2, 0.25) is 0 Å². The minimum atomic E-state index is -0.351. The Morgan fingerprint density at radius 1 is 1.06 bits per heavy atom. The monoisotopic (exact) mass is 463 g/mol. The highest BCUT2D eigenvalue weighted by Crippen LogP contribution is 2.46. The molecule has 7 heteroatoms. The minimum absolute atomic E-state index is 0.0888. The fourth-order valence-corrected chi connectivity index (χ4v) is 4.75. The van der Waals surface area contributed by atoms with Gasteiger partial charge in [0.15, 0.2) is 11.5 Å². The number of nitrogens with one attached hydrogen (secondary N) is 1. The van der Waals surface area contributed by atoms with Crippen LogP contribution in [-0.4, -0.2) is 45.9 Å². The van der Waals surface area contributed by atoms with E-state index in [-0.39, 0.29) is 17.7 Å². The highest BCUT2D eigenvalue weighted by molar-refractivity contribution is 6.00. The number of carbonyl (C=O) groups is 1. The molecule has 0 saturated carbocycles. The Bertz CT molecular complexity index is 1180. The van der Waals surface area contributed by atoms with E-state index in [4.69, 9.17) is 9.47 Å². The van der Waals surface area contributed by atoms with Gasteiger partial charge in [-0.05, 0) is 68.5 Å². The maximum Gasteiger partial charge on any atom is 0.273 e. The SMILES string of the molecule is CCCOc1ccc(C2c3c(-c4c(C)cc(C)cc4O)n[nH]c3C(=O)N2CCC)cc1OCC. The van der Waals surface area contributed by atoms with Crippen LogP contribution in [0.2, 0.25) is 0 Å². The molecule has 1 aliphatic heterocycles. The molecule has 1 unspecified atom stereocenters. The number of ether oxygens (including phenoxy) is 2. The second-order valence-electron chi connectivity index (χ2n) is 8.73. The number of aromatic nitrogens is 2. The van der Waals surface area contributed by atoms with Crippen molar-refractivity contribution in [1.29, 1.82) is 0 Å². The lowest BCUT2D eigenvalue weighted by atomic mass is 9.93. The highest BCUT2D eigenvalue weighted by Gasteiger charge is 2.42. The van der Waals surface area contributed by atoms with Crippen molar-refractivity contribution in [3.05, 3.63) is 58.3 Å². The second kappa shape index (κ2) is 9.79. The van der Waals surface area contributed by atoms with E-state index in [1.807, 2.05) is 49.9 Å². The first-order chi connectivity index (χ1) is 16.4. The predicted molar refractivity (Wildman–Crippen MR) is 132 cm³/mol. The molecule has 0 aliphatic carbocycles. The van der Waals surface area contributed by atoms with Gasteiger partial charge in [-0.3, -0.25) is 9.89 Å². The summed E-state index contributed by atoms with van der Waals surface area (Å²) in [4.78, 5) is 15.3. The first kappa shape index (κ1) is 23.7. The van der Waals surface area contributed by atoms with Gasteiger partial charge in [-0.2, -0.15) is 5.10 Å². The molecule has 0 spiro atoms. The Labute approximate surface area is 200 Å². The first-order valence-corrected chi connectivity index (χ1v) is 12.0. The summed E-state index contributed by atoms with van der Waals surface area (Å²) in [6.07, 6.45) is 1.72. The molecule has 0 bridgehead atoms. The van der Waals surface area contributed by atoms with Crippen LogP contribution in [0.3, 0.4) is 0 Å². The Balaban J connectivity index is 1.88. The summed E-state index contributed by atoms with van der Waals surface area (Å²) in [7, 11) is 0. The van der Waals surface area contributed by atoms with E-state index in [0.717, 1.165) is 35.1 Å². The van der Waals surface area contributed by atoms with Crippen molar-refractivity contribution in [1.82, 2.24) is 15.1 Å². The molecule has 1 atom stereocenters. The van der Waals surface area contributed by atoms with Crippen molar-refractivity contribution in [2.45, 2.75) is 53.5 Å². The molecular weight excluding hydrogens is 430 g/mol. The van der Waals surface area contributed by atoms with E-state index in [2.05, 4.69) is 24.0 Å². The number of aromatic amines is 1. The van der Waals surface area contributed by atoms with Crippen LogP contribution in [0, 0.1) is 13.8 Å². The van der Waals surface area contributed by atoms with E-state index >= 15 is 0 Å². The van der Waals surface area contributed by atoms with Crippen LogP contribution in [0.25, 0.3) is 11.3 Å². The molecule has 1 aromatic heterocycles. The summed E-state index contributed by atoms with van der Waals surface area (Å²) in [5.41, 5.74) is 5.29. The van der Waals surface area contributed by atoms with Crippen LogP contribution >= 0.6 is 0 Å². The van der Waals surface area contributed by atoms with E-state index < -0.39 is 0 Å². The second-order valence-corrected chi connectivity index (χ2v) is 8.73. The van der Waals surface area contributed by atoms with Gasteiger partial charge in [-0.15, -0.1) is 0 Å². The molecule has 2 N–H and O–H groups in total. The predicted octanol–water partition coefficient (Wildman–Crippen LogP) is 5.54. The lowest BCUT2D eigenvalue weighted by Crippen LogP contribution is -2.30. The number of phenolic OH excluding ortho intramolecular Hbond substituents is 1. The molecular formula is C27H33N3O4. The summed E-state index contributed by atoms with van der Waals surface area (Å²) in [6, 6.07) is 9.25. The number of hydrogen-bond donors (Lipinski definition) is 2. The molecule has 4 rings (SSSR count). The summed E-state index contributed by atoms with van der Waals surface area (Å²) in [6.45, 7) is 11.7. The number of aryl methyl sites for hydroxylation is 2. The molecule has 34 heavy (non-hydrogen) atoms. The van der Waals surface area contributed by atoms with Crippen LogP contribution < -0.4 is 9.47 Å². The van der Waals surface area contributed by atoms with Crippen LogP contribution in [0.1, 0.15) is 72.4 Å². The molecule has 0 fully saturated rings. The molecule has 180 valence electrons. The number of aromatic hydroxyl groups is 1. The zero-order chi connectivity index (χ0) is 24.4. The fraction of sp³-hybridized carbons (Fsp3) is 0.407. The van der Waals surface area contributed by atoms with Gasteiger partial charge in [0, 0.05) is 17.7 Å². The topological polar surface area (TPSA) is 87.7 Å². The number of phenols is 1. The van der Waals surface area contributed by atoms with Crippen molar-refractivity contribution >= 4 is 5.91 Å². The minimum Gasteiger partial charge on any atom is -0.507 e. The van der Waals surface area contributed by atoms with Crippen LogP contribution in [0.5, 0.6) is 17.2 Å². The van der Waals surface area contributed by atoms with Crippen molar-refractivity contribution in [3.8, 4) is 28.5 Å². The average Bonchev–Trinajstić information content (AvgIpc) is 3.32. The van der Waals surface area contributed by atoms with Gasteiger partial charge in [0.05, 0.1) is 19.3 Å². The van der Waals surface area contributed by atoms with Gasteiger partial charge < -0.3 is 19.5 Å². The van der Waals surface area contributed by atoms with Gasteiger partial charge >= 0.3 is 0 Å². The Kier molecular flexibility index (Phi) is 6.82. The number of hydrogen-bond acceptors (Lipinski definition) is 5.